The molecule has 2 N–H and O–H groups in total. The number of hydrogen-bond acceptors (Lipinski definition) is 3. The van der Waals surface area contributed by atoms with E-state index >= 15 is 0 Å². The Morgan fingerprint density at radius 1 is 1.11 bits per heavy atom. The van der Waals surface area contributed by atoms with Gasteiger partial charge in [-0.25, -0.2) is 4.79 Å². The van der Waals surface area contributed by atoms with Crippen molar-refractivity contribution in [2.75, 3.05) is 26.2 Å². The molecule has 152 valence electrons. The number of fused-ring (bicyclic) bond motifs is 1. The van der Waals surface area contributed by atoms with E-state index < -0.39 is 43.1 Å². The molecule has 1 fully saturated rings. The van der Waals surface area contributed by atoms with Crippen LogP contribution < -0.4 is 5.32 Å². The average Bonchev–Trinajstić information content (AvgIpc) is 3.12. The van der Waals surface area contributed by atoms with Crippen LogP contribution in [0.4, 0.5) is 18.0 Å². The minimum absolute atomic E-state index is 0.343. The van der Waals surface area contributed by atoms with Crippen molar-refractivity contribution in [3.05, 3.63) is 35.4 Å². The van der Waals surface area contributed by atoms with Crippen molar-refractivity contribution in [2.24, 2.45) is 11.8 Å². The van der Waals surface area contributed by atoms with Crippen LogP contribution in [0.3, 0.4) is 0 Å². The topological polar surface area (TPSA) is 90.0 Å². The normalized spacial score (nSPS) is 22.0. The number of nitrogens with one attached hydrogen (secondary N) is 1. The molecule has 0 aliphatic carbocycles. The molecule has 1 aromatic rings. The summed E-state index contributed by atoms with van der Waals surface area (Å²) in [5, 5.41) is 11.3. The van der Waals surface area contributed by atoms with Crippen molar-refractivity contribution in [3.8, 4) is 0 Å². The number of urea groups is 1. The van der Waals surface area contributed by atoms with Crippen LogP contribution in [0.25, 0.3) is 0 Å². The maximum Gasteiger partial charge on any atom is 0.394 e. The Kier molecular flexibility index (Phi) is 5.48. The molecule has 0 saturated carbocycles. The standard InChI is InChI=1S/C18H20F3N3O4/c19-18(20,21)14-10-24(9-13(14)16(26)27)17(28)22-7-15(25)23-6-5-11-3-1-2-4-12(11)8-23/h1-4,13-14H,5-10H2,(H,22,28)(H,26,27)/t13-,14-/m1/s1. The molecule has 0 bridgehead atoms. The van der Waals surface area contributed by atoms with Gasteiger partial charge in [0.15, 0.2) is 0 Å². The van der Waals surface area contributed by atoms with Gasteiger partial charge in [-0.3, -0.25) is 9.59 Å². The fourth-order valence-electron chi connectivity index (χ4n) is 3.63. The van der Waals surface area contributed by atoms with E-state index in [2.05, 4.69) is 5.32 Å². The number of amides is 3. The van der Waals surface area contributed by atoms with Crippen LogP contribution in [0.5, 0.6) is 0 Å². The van der Waals surface area contributed by atoms with Gasteiger partial charge < -0.3 is 20.2 Å². The molecule has 0 unspecified atom stereocenters. The van der Waals surface area contributed by atoms with Gasteiger partial charge >= 0.3 is 18.2 Å². The van der Waals surface area contributed by atoms with E-state index in [1.54, 1.807) is 4.90 Å². The Balaban J connectivity index is 1.54. The van der Waals surface area contributed by atoms with Gasteiger partial charge in [-0.1, -0.05) is 24.3 Å². The third-order valence-corrected chi connectivity index (χ3v) is 5.22. The number of benzene rings is 1. The van der Waals surface area contributed by atoms with Gasteiger partial charge in [0.1, 0.15) is 0 Å². The molecular formula is C18H20F3N3O4. The smallest absolute Gasteiger partial charge is 0.394 e. The summed E-state index contributed by atoms with van der Waals surface area (Å²) in [5.74, 6) is -5.77. The van der Waals surface area contributed by atoms with E-state index in [1.807, 2.05) is 24.3 Å². The molecule has 3 amide bonds. The average molecular weight is 399 g/mol. The number of alkyl halides is 3. The molecule has 7 nitrogen and oxygen atoms in total. The van der Waals surface area contributed by atoms with Crippen molar-refractivity contribution < 1.29 is 32.7 Å². The number of halogens is 3. The van der Waals surface area contributed by atoms with Crippen LogP contribution in [-0.2, 0) is 22.6 Å². The molecule has 2 heterocycles. The number of nitrogens with zero attached hydrogens (tertiary/aromatic N) is 2. The van der Waals surface area contributed by atoms with Crippen LogP contribution in [0, 0.1) is 11.8 Å². The monoisotopic (exact) mass is 399 g/mol. The quantitative estimate of drug-likeness (QED) is 0.806. The molecule has 1 saturated heterocycles. The van der Waals surface area contributed by atoms with Gasteiger partial charge in [0, 0.05) is 26.2 Å². The van der Waals surface area contributed by atoms with Crippen LogP contribution >= 0.6 is 0 Å². The van der Waals surface area contributed by atoms with Crippen molar-refractivity contribution in [1.29, 1.82) is 0 Å². The van der Waals surface area contributed by atoms with Gasteiger partial charge in [-0.2, -0.15) is 13.2 Å². The predicted octanol–water partition coefficient (Wildman–Crippen LogP) is 1.48. The first-order valence-electron chi connectivity index (χ1n) is 8.83. The Morgan fingerprint density at radius 2 is 1.79 bits per heavy atom. The summed E-state index contributed by atoms with van der Waals surface area (Å²) in [4.78, 5) is 38.0. The first kappa shape index (κ1) is 20.0. The molecule has 2 atom stereocenters. The second-order valence-corrected chi connectivity index (χ2v) is 6.99. The molecule has 3 rings (SSSR count). The Hall–Kier alpha value is -2.78. The van der Waals surface area contributed by atoms with Crippen molar-refractivity contribution >= 4 is 17.9 Å². The molecule has 2 aliphatic heterocycles. The third kappa shape index (κ3) is 4.20. The lowest BCUT2D eigenvalue weighted by Gasteiger charge is -2.29. The Labute approximate surface area is 159 Å². The van der Waals surface area contributed by atoms with E-state index in [0.29, 0.717) is 19.5 Å². The maximum absolute atomic E-state index is 13.0. The molecule has 28 heavy (non-hydrogen) atoms. The van der Waals surface area contributed by atoms with Crippen LogP contribution in [-0.4, -0.2) is 65.2 Å². The van der Waals surface area contributed by atoms with Gasteiger partial charge in [-0.05, 0) is 17.5 Å². The van der Waals surface area contributed by atoms with Gasteiger partial charge in [-0.15, -0.1) is 0 Å². The zero-order valence-corrected chi connectivity index (χ0v) is 14.9. The summed E-state index contributed by atoms with van der Waals surface area (Å²) in [6.07, 6.45) is -4.02. The van der Waals surface area contributed by atoms with E-state index in [1.165, 1.54) is 0 Å². The third-order valence-electron chi connectivity index (χ3n) is 5.22. The fraction of sp³-hybridized carbons (Fsp3) is 0.500. The van der Waals surface area contributed by atoms with Crippen molar-refractivity contribution in [2.45, 2.75) is 19.1 Å². The van der Waals surface area contributed by atoms with Crippen molar-refractivity contribution in [3.63, 3.8) is 0 Å². The minimum Gasteiger partial charge on any atom is -0.481 e. The number of hydrogen-bond donors (Lipinski definition) is 2. The molecule has 10 heteroatoms. The first-order chi connectivity index (χ1) is 13.2. The highest BCUT2D eigenvalue weighted by atomic mass is 19.4. The molecule has 0 aromatic heterocycles. The van der Waals surface area contributed by atoms with Gasteiger partial charge in [0.05, 0.1) is 18.4 Å². The van der Waals surface area contributed by atoms with Gasteiger partial charge in [0.25, 0.3) is 0 Å². The summed E-state index contributed by atoms with van der Waals surface area (Å²) in [7, 11) is 0. The highest BCUT2D eigenvalue weighted by Crippen LogP contribution is 2.37. The van der Waals surface area contributed by atoms with E-state index in [4.69, 9.17) is 5.11 Å². The lowest BCUT2D eigenvalue weighted by atomic mass is 9.96. The second-order valence-electron chi connectivity index (χ2n) is 6.99. The molecule has 2 aliphatic rings. The summed E-state index contributed by atoms with van der Waals surface area (Å²) >= 11 is 0. The number of aliphatic carboxylic acids is 1. The highest BCUT2D eigenvalue weighted by molar-refractivity contribution is 5.85. The van der Waals surface area contributed by atoms with E-state index in [9.17, 15) is 27.6 Å². The van der Waals surface area contributed by atoms with Crippen molar-refractivity contribution in [1.82, 2.24) is 15.1 Å². The lowest BCUT2D eigenvalue weighted by molar-refractivity contribution is -0.187. The zero-order chi connectivity index (χ0) is 20.5. The number of carbonyl (C=O) groups is 3. The predicted molar refractivity (Wildman–Crippen MR) is 91.2 cm³/mol. The molecule has 0 spiro atoms. The highest BCUT2D eigenvalue weighted by Gasteiger charge is 2.53. The Morgan fingerprint density at radius 3 is 2.39 bits per heavy atom. The summed E-state index contributed by atoms with van der Waals surface area (Å²) < 4.78 is 39.0. The second kappa shape index (κ2) is 7.69. The van der Waals surface area contributed by atoms with E-state index in [-0.39, 0.29) is 12.5 Å². The number of rotatable bonds is 3. The van der Waals surface area contributed by atoms with Crippen LogP contribution in [0.1, 0.15) is 11.1 Å². The van der Waals surface area contributed by atoms with Crippen LogP contribution in [0.2, 0.25) is 0 Å². The lowest BCUT2D eigenvalue weighted by Crippen LogP contribution is -2.46. The SMILES string of the molecule is O=C(O)[C@@H]1CN(C(=O)NCC(=O)N2CCc3ccccc3C2)C[C@H]1C(F)(F)F. The largest absolute Gasteiger partial charge is 0.481 e. The first-order valence-corrected chi connectivity index (χ1v) is 8.83. The summed E-state index contributed by atoms with van der Waals surface area (Å²) in [6.45, 7) is -0.737. The summed E-state index contributed by atoms with van der Waals surface area (Å²) in [5.41, 5.74) is 2.18. The summed E-state index contributed by atoms with van der Waals surface area (Å²) in [6, 6.07) is 6.83. The number of carboxylic acids is 1. The molecule has 1 aromatic carbocycles. The van der Waals surface area contributed by atoms with E-state index in [0.717, 1.165) is 16.0 Å². The number of carbonyl (C=O) groups excluding carboxylic acids is 2. The number of likely N-dealkylation sites (tertiary alicyclic amines) is 1. The minimum atomic E-state index is -4.71. The van der Waals surface area contributed by atoms with Crippen LogP contribution in [0.15, 0.2) is 24.3 Å². The zero-order valence-electron chi connectivity index (χ0n) is 14.9. The molecular weight excluding hydrogens is 379 g/mol. The Bertz CT molecular complexity index is 784. The van der Waals surface area contributed by atoms with Gasteiger partial charge in [0.2, 0.25) is 5.91 Å². The number of carboxylic acid groups (broad SMARTS) is 1. The fourth-order valence-corrected chi connectivity index (χ4v) is 3.63. The molecule has 0 radical (unpaired) electrons. The maximum atomic E-state index is 13.0.